The molecule has 1 aromatic carbocycles. The molecule has 1 unspecified atom stereocenters. The van der Waals surface area contributed by atoms with E-state index in [1.807, 2.05) is 24.3 Å². The first kappa shape index (κ1) is 10.4. The summed E-state index contributed by atoms with van der Waals surface area (Å²) in [4.78, 5) is 14.9. The van der Waals surface area contributed by atoms with Gasteiger partial charge in [-0.15, -0.1) is 11.3 Å². The third-order valence-corrected chi connectivity index (χ3v) is 3.72. The molecule has 0 aliphatic rings. The van der Waals surface area contributed by atoms with E-state index in [1.54, 1.807) is 0 Å². The lowest BCUT2D eigenvalue weighted by Crippen LogP contribution is -2.00. The monoisotopic (exact) mass is 239 g/mol. The quantitative estimate of drug-likeness (QED) is 0.810. The summed E-state index contributed by atoms with van der Waals surface area (Å²) < 4.78 is 1.07. The van der Waals surface area contributed by atoms with Crippen LogP contribution in [0.5, 0.6) is 0 Å². The van der Waals surface area contributed by atoms with Crippen molar-refractivity contribution in [2.45, 2.75) is 11.7 Å². The minimum absolute atomic E-state index is 0.00291. The van der Waals surface area contributed by atoms with Gasteiger partial charge in [-0.1, -0.05) is 12.1 Å². The van der Waals surface area contributed by atoms with Gasteiger partial charge >= 0.3 is 5.97 Å². The number of thiazole rings is 1. The van der Waals surface area contributed by atoms with Crippen LogP contribution in [0.25, 0.3) is 10.2 Å². The molecule has 15 heavy (non-hydrogen) atoms. The molecule has 0 spiro atoms. The van der Waals surface area contributed by atoms with Crippen LogP contribution in [0.15, 0.2) is 24.3 Å². The summed E-state index contributed by atoms with van der Waals surface area (Å²) >= 11 is 5.73. The van der Waals surface area contributed by atoms with Crippen molar-refractivity contribution in [1.82, 2.24) is 4.98 Å². The van der Waals surface area contributed by atoms with Gasteiger partial charge in [-0.25, -0.2) is 4.98 Å². The van der Waals surface area contributed by atoms with Gasteiger partial charge in [0.25, 0.3) is 0 Å². The van der Waals surface area contributed by atoms with Gasteiger partial charge in [0.2, 0.25) is 0 Å². The van der Waals surface area contributed by atoms with Crippen LogP contribution in [0.1, 0.15) is 16.7 Å². The molecular weight excluding hydrogens is 230 g/mol. The number of carboxylic acid groups (broad SMARTS) is 1. The van der Waals surface area contributed by atoms with E-state index in [0.717, 1.165) is 15.2 Å². The molecule has 0 saturated carbocycles. The van der Waals surface area contributed by atoms with Crippen LogP contribution in [0.2, 0.25) is 0 Å². The Morgan fingerprint density at radius 3 is 2.93 bits per heavy atom. The van der Waals surface area contributed by atoms with Crippen LogP contribution in [0.3, 0.4) is 0 Å². The molecule has 0 bridgehead atoms. The van der Waals surface area contributed by atoms with Gasteiger partial charge in [-0.05, 0) is 12.1 Å². The molecule has 2 rings (SSSR count). The van der Waals surface area contributed by atoms with Gasteiger partial charge in [0, 0.05) is 0 Å². The van der Waals surface area contributed by atoms with E-state index in [1.165, 1.54) is 11.3 Å². The average Bonchev–Trinajstić information content (AvgIpc) is 2.59. The largest absolute Gasteiger partial charge is 0.481 e. The van der Waals surface area contributed by atoms with Crippen molar-refractivity contribution >= 4 is 40.2 Å². The van der Waals surface area contributed by atoms with Crippen LogP contribution >= 0.6 is 24.0 Å². The van der Waals surface area contributed by atoms with Crippen molar-refractivity contribution in [3.63, 3.8) is 0 Å². The molecule has 1 aromatic heterocycles. The van der Waals surface area contributed by atoms with Crippen molar-refractivity contribution in [1.29, 1.82) is 0 Å². The number of nitrogens with zero attached hydrogens (tertiary/aromatic N) is 1. The highest BCUT2D eigenvalue weighted by molar-refractivity contribution is 7.80. The number of carboxylic acids is 1. The van der Waals surface area contributed by atoms with E-state index in [4.69, 9.17) is 5.11 Å². The van der Waals surface area contributed by atoms with Crippen LogP contribution in [0, 0.1) is 0 Å². The van der Waals surface area contributed by atoms with Crippen molar-refractivity contribution in [2.75, 3.05) is 0 Å². The molecule has 1 heterocycles. The van der Waals surface area contributed by atoms with E-state index in [2.05, 4.69) is 17.6 Å². The fourth-order valence-corrected chi connectivity index (χ4v) is 2.61. The summed E-state index contributed by atoms with van der Waals surface area (Å²) in [6.07, 6.45) is 0.00291. The number of aliphatic carboxylic acids is 1. The molecule has 78 valence electrons. The Bertz CT molecular complexity index is 462. The molecule has 0 fully saturated rings. The molecule has 1 atom stereocenters. The first-order chi connectivity index (χ1) is 7.16. The summed E-state index contributed by atoms with van der Waals surface area (Å²) in [6.45, 7) is 0. The number of hydrogen-bond donors (Lipinski definition) is 2. The lowest BCUT2D eigenvalue weighted by molar-refractivity contribution is -0.137. The molecule has 0 radical (unpaired) electrons. The van der Waals surface area contributed by atoms with Gasteiger partial charge in [-0.2, -0.15) is 12.6 Å². The number of hydrogen-bond acceptors (Lipinski definition) is 4. The molecule has 3 nitrogen and oxygen atoms in total. The second-order valence-electron chi connectivity index (χ2n) is 3.13. The zero-order chi connectivity index (χ0) is 10.8. The van der Waals surface area contributed by atoms with Gasteiger partial charge in [0.1, 0.15) is 5.01 Å². The SMILES string of the molecule is O=C(O)CC(S)c1nc2ccccc2s1. The highest BCUT2D eigenvalue weighted by atomic mass is 32.1. The van der Waals surface area contributed by atoms with Crippen molar-refractivity contribution in [2.24, 2.45) is 0 Å². The summed E-state index contributed by atoms with van der Waals surface area (Å²) in [7, 11) is 0. The number of rotatable bonds is 3. The standard InChI is InChI=1S/C10H9NO2S2/c12-9(13)5-7(14)10-11-6-3-1-2-4-8(6)15-10/h1-4,7,14H,5H2,(H,12,13). The van der Waals surface area contributed by atoms with Crippen molar-refractivity contribution in [3.05, 3.63) is 29.3 Å². The number of fused-ring (bicyclic) bond motifs is 1. The average molecular weight is 239 g/mol. The molecule has 0 amide bonds. The summed E-state index contributed by atoms with van der Waals surface area (Å²) in [6, 6.07) is 7.74. The highest BCUT2D eigenvalue weighted by Gasteiger charge is 2.15. The molecule has 0 aliphatic heterocycles. The van der Waals surface area contributed by atoms with E-state index < -0.39 is 5.97 Å². The predicted octanol–water partition coefficient (Wildman–Crippen LogP) is 2.74. The van der Waals surface area contributed by atoms with Crippen LogP contribution < -0.4 is 0 Å². The summed E-state index contributed by atoms with van der Waals surface area (Å²) in [5, 5.41) is 9.09. The van der Waals surface area contributed by atoms with Crippen LogP contribution in [-0.4, -0.2) is 16.1 Å². The third-order valence-electron chi connectivity index (χ3n) is 1.96. The Hall–Kier alpha value is -1.07. The molecule has 1 N–H and O–H groups in total. The van der Waals surface area contributed by atoms with Crippen molar-refractivity contribution in [3.8, 4) is 0 Å². The maximum Gasteiger partial charge on any atom is 0.304 e. The number of para-hydroxylation sites is 1. The Morgan fingerprint density at radius 2 is 2.27 bits per heavy atom. The fraction of sp³-hybridized carbons (Fsp3) is 0.200. The lowest BCUT2D eigenvalue weighted by Gasteiger charge is -2.01. The Kier molecular flexibility index (Phi) is 2.93. The minimum atomic E-state index is -0.853. The number of benzene rings is 1. The van der Waals surface area contributed by atoms with Gasteiger partial charge in [-0.3, -0.25) is 4.79 Å². The minimum Gasteiger partial charge on any atom is -0.481 e. The smallest absolute Gasteiger partial charge is 0.304 e. The van der Waals surface area contributed by atoms with Gasteiger partial charge < -0.3 is 5.11 Å². The Labute approximate surface area is 96.2 Å². The summed E-state index contributed by atoms with van der Waals surface area (Å²) in [5.74, 6) is -0.853. The first-order valence-electron chi connectivity index (χ1n) is 4.42. The number of thiol groups is 1. The Balaban J connectivity index is 2.32. The van der Waals surface area contributed by atoms with Crippen LogP contribution in [-0.2, 0) is 4.79 Å². The van der Waals surface area contributed by atoms with Crippen LogP contribution in [0.4, 0.5) is 0 Å². The Morgan fingerprint density at radius 1 is 1.53 bits per heavy atom. The first-order valence-corrected chi connectivity index (χ1v) is 5.75. The second kappa shape index (κ2) is 4.20. The molecule has 0 aliphatic carbocycles. The van der Waals surface area contributed by atoms with E-state index >= 15 is 0 Å². The predicted molar refractivity (Wildman–Crippen MR) is 63.6 cm³/mol. The number of carbonyl (C=O) groups is 1. The maximum absolute atomic E-state index is 10.5. The zero-order valence-electron chi connectivity index (χ0n) is 7.75. The topological polar surface area (TPSA) is 50.2 Å². The maximum atomic E-state index is 10.5. The molecular formula is C10H9NO2S2. The van der Waals surface area contributed by atoms with Gasteiger partial charge in [0.05, 0.1) is 21.9 Å². The van der Waals surface area contributed by atoms with E-state index in [0.29, 0.717) is 0 Å². The second-order valence-corrected chi connectivity index (χ2v) is 4.82. The van der Waals surface area contributed by atoms with E-state index in [-0.39, 0.29) is 11.7 Å². The lowest BCUT2D eigenvalue weighted by atomic mass is 10.3. The molecule has 2 aromatic rings. The molecule has 5 heteroatoms. The molecule has 0 saturated heterocycles. The third kappa shape index (κ3) is 2.30. The summed E-state index contributed by atoms with van der Waals surface area (Å²) in [5.41, 5.74) is 0.905. The zero-order valence-corrected chi connectivity index (χ0v) is 9.46. The van der Waals surface area contributed by atoms with Crippen molar-refractivity contribution < 1.29 is 9.90 Å². The normalized spacial score (nSPS) is 12.9. The van der Waals surface area contributed by atoms with Gasteiger partial charge in [0.15, 0.2) is 0 Å². The van der Waals surface area contributed by atoms with E-state index in [9.17, 15) is 4.79 Å². The number of aromatic nitrogens is 1. The highest BCUT2D eigenvalue weighted by Crippen LogP contribution is 2.31. The fourth-order valence-electron chi connectivity index (χ4n) is 1.29.